The van der Waals surface area contributed by atoms with Crippen molar-refractivity contribution in [3.63, 3.8) is 0 Å². The van der Waals surface area contributed by atoms with Crippen molar-refractivity contribution in [3.05, 3.63) is 0 Å². The molecule has 1 aliphatic heterocycles. The maximum absolute atomic E-state index is 11.8. The van der Waals surface area contributed by atoms with E-state index in [4.69, 9.17) is 4.74 Å². The van der Waals surface area contributed by atoms with Crippen LogP contribution in [0.15, 0.2) is 0 Å². The summed E-state index contributed by atoms with van der Waals surface area (Å²) in [5.74, 6) is 0.442. The number of rotatable bonds is 3. The van der Waals surface area contributed by atoms with Gasteiger partial charge in [0.05, 0.1) is 0 Å². The third-order valence-electron chi connectivity index (χ3n) is 2.73. The van der Waals surface area contributed by atoms with Gasteiger partial charge < -0.3 is 15.4 Å². The molecule has 1 rings (SSSR count). The number of Topliss-reactive ketones (excluding diaryl/α,β-unsaturated/α-hetero) is 1. The van der Waals surface area contributed by atoms with Gasteiger partial charge in [0.1, 0.15) is 12.1 Å². The Morgan fingerprint density at radius 1 is 1.41 bits per heavy atom. The minimum absolute atomic E-state index is 0.168. The topological polar surface area (TPSA) is 74.2 Å². The standard InChI is InChI=1S/C12H22N2O3/c1-12(2,3)17-11(16)14-5-4-9(8-14)6-10(15)7-13/h9H,4-8,13H2,1-3H3/p+1. The van der Waals surface area contributed by atoms with Crippen LogP contribution in [-0.4, -0.2) is 42.0 Å². The lowest BCUT2D eigenvalue weighted by Crippen LogP contribution is -2.54. The second-order valence-corrected chi connectivity index (χ2v) is 5.57. The van der Waals surface area contributed by atoms with Gasteiger partial charge in [-0.1, -0.05) is 0 Å². The Labute approximate surface area is 102 Å². The van der Waals surface area contributed by atoms with E-state index in [1.165, 1.54) is 0 Å². The third kappa shape index (κ3) is 4.73. The first-order valence-electron chi connectivity index (χ1n) is 6.10. The lowest BCUT2D eigenvalue weighted by molar-refractivity contribution is -0.354. The molecule has 1 fully saturated rings. The summed E-state index contributed by atoms with van der Waals surface area (Å²) in [5, 5.41) is 0. The summed E-state index contributed by atoms with van der Waals surface area (Å²) in [6, 6.07) is 0. The molecule has 0 aromatic heterocycles. The number of carbonyl (C=O) groups excluding carboxylic acids is 2. The molecule has 5 heteroatoms. The summed E-state index contributed by atoms with van der Waals surface area (Å²) in [6.45, 7) is 7.20. The molecule has 1 unspecified atom stereocenters. The maximum atomic E-state index is 11.8. The molecular formula is C12H23N2O3+. The first-order valence-corrected chi connectivity index (χ1v) is 6.10. The molecule has 1 atom stereocenters. The fourth-order valence-electron chi connectivity index (χ4n) is 1.92. The highest BCUT2D eigenvalue weighted by molar-refractivity contribution is 5.79. The van der Waals surface area contributed by atoms with Crippen LogP contribution in [0.2, 0.25) is 0 Å². The van der Waals surface area contributed by atoms with Gasteiger partial charge in [-0.15, -0.1) is 0 Å². The van der Waals surface area contributed by atoms with Crippen molar-refractivity contribution in [1.29, 1.82) is 0 Å². The smallest absolute Gasteiger partial charge is 0.410 e. The van der Waals surface area contributed by atoms with Crippen LogP contribution in [-0.2, 0) is 9.53 Å². The first kappa shape index (κ1) is 14.0. The quantitative estimate of drug-likeness (QED) is 0.781. The van der Waals surface area contributed by atoms with Crippen LogP contribution in [0.1, 0.15) is 33.6 Å². The van der Waals surface area contributed by atoms with Crippen LogP contribution >= 0.6 is 0 Å². The number of hydrogen-bond donors (Lipinski definition) is 1. The van der Waals surface area contributed by atoms with Gasteiger partial charge in [-0.2, -0.15) is 0 Å². The Morgan fingerprint density at radius 2 is 2.06 bits per heavy atom. The summed E-state index contributed by atoms with van der Waals surface area (Å²) in [4.78, 5) is 24.7. The van der Waals surface area contributed by atoms with Gasteiger partial charge >= 0.3 is 6.09 Å². The van der Waals surface area contributed by atoms with Gasteiger partial charge in [-0.25, -0.2) is 4.79 Å². The molecule has 1 amide bonds. The molecule has 5 nitrogen and oxygen atoms in total. The first-order chi connectivity index (χ1) is 7.81. The van der Waals surface area contributed by atoms with Crippen molar-refractivity contribution in [2.75, 3.05) is 19.6 Å². The molecule has 0 aliphatic carbocycles. The highest BCUT2D eigenvalue weighted by atomic mass is 16.6. The third-order valence-corrected chi connectivity index (χ3v) is 2.73. The zero-order valence-electron chi connectivity index (χ0n) is 11.0. The van der Waals surface area contributed by atoms with Crippen molar-refractivity contribution in [3.8, 4) is 0 Å². The molecule has 0 spiro atoms. The zero-order valence-corrected chi connectivity index (χ0v) is 11.0. The molecule has 1 aliphatic rings. The second-order valence-electron chi connectivity index (χ2n) is 5.57. The van der Waals surface area contributed by atoms with E-state index in [-0.39, 0.29) is 17.8 Å². The Bertz CT molecular complexity index is 297. The Hall–Kier alpha value is -1.10. The van der Waals surface area contributed by atoms with Gasteiger partial charge in [0.15, 0.2) is 5.78 Å². The van der Waals surface area contributed by atoms with Gasteiger partial charge in [0.2, 0.25) is 0 Å². The number of amides is 1. The van der Waals surface area contributed by atoms with E-state index >= 15 is 0 Å². The van der Waals surface area contributed by atoms with Crippen molar-refractivity contribution in [1.82, 2.24) is 4.90 Å². The molecular weight excluding hydrogens is 220 g/mol. The number of quaternary nitrogens is 1. The normalized spacial score (nSPS) is 20.5. The van der Waals surface area contributed by atoms with E-state index in [2.05, 4.69) is 5.73 Å². The van der Waals surface area contributed by atoms with Gasteiger partial charge in [-0.3, -0.25) is 4.79 Å². The zero-order chi connectivity index (χ0) is 13.1. The van der Waals surface area contributed by atoms with Crippen molar-refractivity contribution >= 4 is 11.9 Å². The number of nitrogens with zero attached hydrogens (tertiary/aromatic N) is 1. The Kier molecular flexibility index (Phi) is 4.51. The molecule has 1 saturated heterocycles. The summed E-state index contributed by atoms with van der Waals surface area (Å²) < 4.78 is 5.29. The predicted molar refractivity (Wildman–Crippen MR) is 63.3 cm³/mol. The van der Waals surface area contributed by atoms with E-state index in [0.717, 1.165) is 6.42 Å². The van der Waals surface area contributed by atoms with Crippen LogP contribution in [0.4, 0.5) is 4.79 Å². The van der Waals surface area contributed by atoms with Gasteiger partial charge in [0.25, 0.3) is 0 Å². The average molecular weight is 243 g/mol. The Morgan fingerprint density at radius 3 is 2.59 bits per heavy atom. The summed E-state index contributed by atoms with van der Waals surface area (Å²) in [7, 11) is 0. The summed E-state index contributed by atoms with van der Waals surface area (Å²) >= 11 is 0. The highest BCUT2D eigenvalue weighted by Gasteiger charge is 2.30. The van der Waals surface area contributed by atoms with Crippen molar-refractivity contribution < 1.29 is 20.1 Å². The van der Waals surface area contributed by atoms with E-state index in [0.29, 0.717) is 26.1 Å². The SMILES string of the molecule is CC(C)(C)OC(=O)N1CCC(CC(=O)C[NH3+])C1. The van der Waals surface area contributed by atoms with Gasteiger partial charge in [-0.05, 0) is 33.1 Å². The lowest BCUT2D eigenvalue weighted by atomic mass is 10.0. The van der Waals surface area contributed by atoms with Gasteiger partial charge in [0, 0.05) is 19.5 Å². The predicted octanol–water partition coefficient (Wildman–Crippen LogP) is 0.445. The molecule has 1 heterocycles. The van der Waals surface area contributed by atoms with Crippen LogP contribution in [0.5, 0.6) is 0 Å². The fraction of sp³-hybridized carbons (Fsp3) is 0.833. The number of carbonyl (C=O) groups is 2. The van der Waals surface area contributed by atoms with Crippen molar-refractivity contribution in [2.24, 2.45) is 5.92 Å². The molecule has 0 radical (unpaired) electrons. The van der Waals surface area contributed by atoms with Crippen LogP contribution < -0.4 is 5.73 Å². The number of hydrogen-bond acceptors (Lipinski definition) is 3. The molecule has 98 valence electrons. The number of ether oxygens (including phenoxy) is 1. The maximum Gasteiger partial charge on any atom is 0.410 e. The highest BCUT2D eigenvalue weighted by Crippen LogP contribution is 2.21. The largest absolute Gasteiger partial charge is 0.444 e. The average Bonchev–Trinajstić information content (AvgIpc) is 2.63. The number of likely N-dealkylation sites (tertiary alicyclic amines) is 1. The van der Waals surface area contributed by atoms with E-state index in [1.54, 1.807) is 4.90 Å². The lowest BCUT2D eigenvalue weighted by Gasteiger charge is -2.24. The van der Waals surface area contributed by atoms with E-state index < -0.39 is 5.60 Å². The molecule has 17 heavy (non-hydrogen) atoms. The summed E-state index contributed by atoms with van der Waals surface area (Å²) in [5.41, 5.74) is 3.12. The van der Waals surface area contributed by atoms with Crippen molar-refractivity contribution in [2.45, 2.75) is 39.2 Å². The molecule has 0 saturated carbocycles. The molecule has 3 N–H and O–H groups in total. The van der Waals surface area contributed by atoms with Crippen LogP contribution in [0.25, 0.3) is 0 Å². The number of ketones is 1. The van der Waals surface area contributed by atoms with Crippen LogP contribution in [0.3, 0.4) is 0 Å². The molecule has 0 aromatic rings. The minimum atomic E-state index is -0.460. The fourth-order valence-corrected chi connectivity index (χ4v) is 1.92. The monoisotopic (exact) mass is 243 g/mol. The summed E-state index contributed by atoms with van der Waals surface area (Å²) in [6.07, 6.45) is 1.13. The molecule has 0 bridgehead atoms. The minimum Gasteiger partial charge on any atom is -0.444 e. The van der Waals surface area contributed by atoms with E-state index in [1.807, 2.05) is 20.8 Å². The Balaban J connectivity index is 2.39. The van der Waals surface area contributed by atoms with Crippen LogP contribution in [0, 0.1) is 5.92 Å². The second kappa shape index (κ2) is 5.49. The van der Waals surface area contributed by atoms with E-state index in [9.17, 15) is 9.59 Å². The molecule has 0 aromatic carbocycles.